The second-order valence-electron chi connectivity index (χ2n) is 11.0. The summed E-state index contributed by atoms with van der Waals surface area (Å²) in [6.07, 6.45) is 4.61. The zero-order chi connectivity index (χ0) is 27.5. The van der Waals surface area contributed by atoms with E-state index in [2.05, 4.69) is 14.9 Å². The highest BCUT2D eigenvalue weighted by Crippen LogP contribution is 2.32. The Bertz CT molecular complexity index is 1170. The maximum absolute atomic E-state index is 13.3. The number of hydrogen-bond donors (Lipinski definition) is 1. The van der Waals surface area contributed by atoms with Crippen molar-refractivity contribution in [3.05, 3.63) is 47.0 Å². The number of fused-ring (bicyclic) bond motifs is 1. The average molecular weight is 557 g/mol. The molecule has 1 N–H and O–H groups in total. The lowest BCUT2D eigenvalue weighted by Gasteiger charge is -2.32. The summed E-state index contributed by atoms with van der Waals surface area (Å²) in [5.74, 6) is 1.01. The van der Waals surface area contributed by atoms with E-state index in [1.165, 1.54) is 6.33 Å². The Labute approximate surface area is 234 Å². The van der Waals surface area contributed by atoms with Crippen molar-refractivity contribution in [3.8, 4) is 0 Å². The van der Waals surface area contributed by atoms with E-state index in [0.29, 0.717) is 55.0 Å². The van der Waals surface area contributed by atoms with Crippen molar-refractivity contribution in [2.24, 2.45) is 11.8 Å². The topological polar surface area (TPSA) is 102 Å². The van der Waals surface area contributed by atoms with E-state index in [-0.39, 0.29) is 24.0 Å². The molecule has 210 valence electrons. The average Bonchev–Trinajstić information content (AvgIpc) is 3.66. The number of H-pyrrole nitrogens is 1. The highest BCUT2D eigenvalue weighted by molar-refractivity contribution is 6.31. The summed E-state index contributed by atoms with van der Waals surface area (Å²) in [7, 11) is 0. The highest BCUT2D eigenvalue weighted by Gasteiger charge is 2.41. The van der Waals surface area contributed by atoms with E-state index in [4.69, 9.17) is 16.3 Å². The number of aromatic nitrogens is 2. The number of aryl methyl sites for hydroxylation is 1. The van der Waals surface area contributed by atoms with Crippen LogP contribution in [0.2, 0.25) is 5.02 Å². The standard InChI is InChI=1S/C28H37ClN6O4/c1-19-4-5-23(12-25(19)29)35(28(38)39-24-6-10-33(11-7-24)20(2)36)9-3-8-32-14-21-16-34(17-22(21)15-32)27(37)26-13-30-18-31-26/h4-5,12-13,18,21-22,24H,3,6-11,14-17H2,1-2H3,(H,30,31). The van der Waals surface area contributed by atoms with E-state index in [0.717, 1.165) is 50.4 Å². The summed E-state index contributed by atoms with van der Waals surface area (Å²) < 4.78 is 5.90. The van der Waals surface area contributed by atoms with Crippen LogP contribution in [0.15, 0.2) is 30.7 Å². The fraction of sp³-hybridized carbons (Fsp3) is 0.571. The number of aromatic amines is 1. The van der Waals surface area contributed by atoms with Crippen molar-refractivity contribution in [1.29, 1.82) is 0 Å². The summed E-state index contributed by atoms with van der Waals surface area (Å²) in [6, 6.07) is 5.65. The van der Waals surface area contributed by atoms with Gasteiger partial charge in [0.25, 0.3) is 5.91 Å². The Morgan fingerprint density at radius 1 is 1.10 bits per heavy atom. The number of hydrogen-bond acceptors (Lipinski definition) is 6. The van der Waals surface area contributed by atoms with Crippen LogP contribution in [-0.2, 0) is 9.53 Å². The van der Waals surface area contributed by atoms with Crippen LogP contribution in [0.3, 0.4) is 0 Å². The van der Waals surface area contributed by atoms with Gasteiger partial charge in [0.15, 0.2) is 0 Å². The minimum atomic E-state index is -0.373. The van der Waals surface area contributed by atoms with Gasteiger partial charge < -0.3 is 24.4 Å². The number of nitrogens with zero attached hydrogens (tertiary/aromatic N) is 5. The quantitative estimate of drug-likeness (QED) is 0.561. The van der Waals surface area contributed by atoms with Crippen LogP contribution in [0.4, 0.5) is 10.5 Å². The Kier molecular flexibility index (Phi) is 8.42. The molecule has 10 nitrogen and oxygen atoms in total. The van der Waals surface area contributed by atoms with Gasteiger partial charge in [-0.2, -0.15) is 0 Å². The summed E-state index contributed by atoms with van der Waals surface area (Å²) in [6.45, 7) is 9.52. The lowest BCUT2D eigenvalue weighted by molar-refractivity contribution is -0.130. The molecular weight excluding hydrogens is 520 g/mol. The highest BCUT2D eigenvalue weighted by atomic mass is 35.5. The second-order valence-corrected chi connectivity index (χ2v) is 11.4. The largest absolute Gasteiger partial charge is 0.446 e. The number of likely N-dealkylation sites (tertiary alicyclic amines) is 3. The molecule has 0 spiro atoms. The van der Waals surface area contributed by atoms with Crippen LogP contribution >= 0.6 is 11.6 Å². The lowest BCUT2D eigenvalue weighted by Crippen LogP contribution is -2.43. The summed E-state index contributed by atoms with van der Waals surface area (Å²) in [5, 5.41) is 0.613. The Hall–Kier alpha value is -3.11. The number of carbonyl (C=O) groups excluding carboxylic acids is 3. The van der Waals surface area contributed by atoms with Crippen LogP contribution in [0.1, 0.15) is 42.2 Å². The normalized spacial score (nSPS) is 21.7. The van der Waals surface area contributed by atoms with E-state index in [1.54, 1.807) is 22.9 Å². The molecule has 0 saturated carbocycles. The fourth-order valence-corrected chi connectivity index (χ4v) is 6.18. The zero-order valence-corrected chi connectivity index (χ0v) is 23.4. The number of piperidine rings is 1. The number of amides is 3. The molecule has 0 radical (unpaired) electrons. The maximum Gasteiger partial charge on any atom is 0.414 e. The first-order valence-electron chi connectivity index (χ1n) is 13.8. The van der Waals surface area contributed by atoms with E-state index in [9.17, 15) is 14.4 Å². The first-order chi connectivity index (χ1) is 18.8. The molecule has 2 unspecified atom stereocenters. The molecule has 0 bridgehead atoms. The van der Waals surface area contributed by atoms with Crippen molar-refractivity contribution < 1.29 is 19.1 Å². The number of anilines is 1. The third-order valence-corrected chi connectivity index (χ3v) is 8.68. The van der Waals surface area contributed by atoms with Gasteiger partial charge in [-0.15, -0.1) is 0 Å². The molecule has 39 heavy (non-hydrogen) atoms. The second kappa shape index (κ2) is 12.0. The molecule has 4 heterocycles. The van der Waals surface area contributed by atoms with E-state index >= 15 is 0 Å². The van der Waals surface area contributed by atoms with Crippen molar-refractivity contribution in [2.45, 2.75) is 39.2 Å². The predicted molar refractivity (Wildman–Crippen MR) is 148 cm³/mol. The number of halogens is 1. The third kappa shape index (κ3) is 6.38. The first-order valence-corrected chi connectivity index (χ1v) is 14.2. The molecule has 3 amide bonds. The van der Waals surface area contributed by atoms with Crippen LogP contribution < -0.4 is 4.90 Å². The van der Waals surface area contributed by atoms with Crippen molar-refractivity contribution in [1.82, 2.24) is 24.7 Å². The molecule has 2 atom stereocenters. The molecule has 1 aromatic carbocycles. The Morgan fingerprint density at radius 2 is 1.82 bits per heavy atom. The monoisotopic (exact) mass is 556 g/mol. The van der Waals surface area contributed by atoms with Gasteiger partial charge in [-0.05, 0) is 49.4 Å². The molecule has 1 aromatic heterocycles. The zero-order valence-electron chi connectivity index (χ0n) is 22.6. The lowest BCUT2D eigenvalue weighted by atomic mass is 10.0. The predicted octanol–water partition coefficient (Wildman–Crippen LogP) is 3.42. The van der Waals surface area contributed by atoms with E-state index < -0.39 is 0 Å². The maximum atomic E-state index is 13.3. The van der Waals surface area contributed by atoms with Gasteiger partial charge in [-0.3, -0.25) is 14.5 Å². The van der Waals surface area contributed by atoms with Crippen LogP contribution in [0.5, 0.6) is 0 Å². The molecule has 11 heteroatoms. The molecule has 5 rings (SSSR count). The van der Waals surface area contributed by atoms with Crippen LogP contribution in [0, 0.1) is 18.8 Å². The van der Waals surface area contributed by atoms with Gasteiger partial charge in [0.1, 0.15) is 11.8 Å². The molecule has 3 fully saturated rings. The molecule has 0 aliphatic carbocycles. The number of benzene rings is 1. The minimum absolute atomic E-state index is 0.0198. The minimum Gasteiger partial charge on any atom is -0.446 e. The Morgan fingerprint density at radius 3 is 2.44 bits per heavy atom. The summed E-state index contributed by atoms with van der Waals surface area (Å²) in [4.78, 5) is 52.4. The number of carbonyl (C=O) groups is 3. The Balaban J connectivity index is 1.14. The molecule has 2 aromatic rings. The van der Waals surface area contributed by atoms with Crippen molar-refractivity contribution >= 4 is 35.2 Å². The van der Waals surface area contributed by atoms with Gasteiger partial charge in [0.05, 0.1) is 12.5 Å². The fourth-order valence-electron chi connectivity index (χ4n) is 6.00. The smallest absolute Gasteiger partial charge is 0.414 e. The first kappa shape index (κ1) is 27.5. The van der Waals surface area contributed by atoms with Crippen LogP contribution in [0.25, 0.3) is 0 Å². The molecule has 3 aliphatic heterocycles. The summed E-state index contributed by atoms with van der Waals surface area (Å²) in [5.41, 5.74) is 2.22. The van der Waals surface area contributed by atoms with Crippen molar-refractivity contribution in [2.75, 3.05) is 57.3 Å². The number of rotatable bonds is 7. The number of ether oxygens (including phenoxy) is 1. The van der Waals surface area contributed by atoms with Crippen LogP contribution in [-0.4, -0.2) is 101 Å². The van der Waals surface area contributed by atoms with Gasteiger partial charge in [0, 0.05) is 76.3 Å². The molecule has 3 aliphatic rings. The number of nitrogens with one attached hydrogen (secondary N) is 1. The molecular formula is C28H37ClN6O4. The van der Waals surface area contributed by atoms with Gasteiger partial charge in [-0.1, -0.05) is 17.7 Å². The molecule has 3 saturated heterocycles. The van der Waals surface area contributed by atoms with Crippen molar-refractivity contribution in [3.63, 3.8) is 0 Å². The van der Waals surface area contributed by atoms with E-state index in [1.807, 2.05) is 30.0 Å². The van der Waals surface area contributed by atoms with Gasteiger partial charge in [0.2, 0.25) is 5.91 Å². The number of imidazole rings is 1. The van der Waals surface area contributed by atoms with Gasteiger partial charge in [-0.25, -0.2) is 9.78 Å². The third-order valence-electron chi connectivity index (χ3n) is 8.28. The van der Waals surface area contributed by atoms with Gasteiger partial charge >= 0.3 is 6.09 Å². The summed E-state index contributed by atoms with van der Waals surface area (Å²) >= 11 is 6.40. The SMILES string of the molecule is CC(=O)N1CCC(OC(=O)N(CCCN2CC3CN(C(=O)c4cnc[nH]4)CC3C2)c2ccc(C)c(Cl)c2)CC1.